The number of hydrogen-bond donors (Lipinski definition) is 0. The molecule has 2 rings (SSSR count). The summed E-state index contributed by atoms with van der Waals surface area (Å²) in [7, 11) is 1.51. The highest BCUT2D eigenvalue weighted by Crippen LogP contribution is 2.19. The molecule has 0 spiro atoms. The van der Waals surface area contributed by atoms with E-state index in [9.17, 15) is 9.59 Å². The van der Waals surface area contributed by atoms with Gasteiger partial charge in [-0.2, -0.15) is 0 Å². The lowest BCUT2D eigenvalue weighted by Gasteiger charge is -2.35. The van der Waals surface area contributed by atoms with Gasteiger partial charge in [0.25, 0.3) is 0 Å². The van der Waals surface area contributed by atoms with E-state index in [-0.39, 0.29) is 24.3 Å². The first-order chi connectivity index (χ1) is 13.0. The largest absolute Gasteiger partial charge is 0.375 e. The standard InChI is InChI=1S/C22H30N2O3/c1-18(2)15-24(14-7-11-19-9-5-4-6-10-19)22(26)20-12-8-13-23(16-20)21(25)17-27-3/h4-6,9-10,18,20H,8,12-17H2,1-3H3. The minimum atomic E-state index is -0.156. The van der Waals surface area contributed by atoms with Crippen molar-refractivity contribution in [3.63, 3.8) is 0 Å². The lowest BCUT2D eigenvalue weighted by molar-refractivity contribution is -0.142. The van der Waals surface area contributed by atoms with E-state index in [1.54, 1.807) is 4.90 Å². The van der Waals surface area contributed by atoms with Gasteiger partial charge in [-0.15, -0.1) is 0 Å². The number of carbonyl (C=O) groups is 2. The molecule has 0 saturated carbocycles. The second kappa shape index (κ2) is 10.7. The molecule has 5 heteroatoms. The summed E-state index contributed by atoms with van der Waals surface area (Å²) < 4.78 is 4.94. The van der Waals surface area contributed by atoms with Crippen molar-refractivity contribution in [2.24, 2.45) is 11.8 Å². The molecule has 1 aromatic rings. The minimum Gasteiger partial charge on any atom is -0.375 e. The molecular weight excluding hydrogens is 340 g/mol. The van der Waals surface area contributed by atoms with Crippen LogP contribution in [-0.2, 0) is 14.3 Å². The van der Waals surface area contributed by atoms with Gasteiger partial charge < -0.3 is 14.5 Å². The summed E-state index contributed by atoms with van der Waals surface area (Å²) in [5.41, 5.74) is 0.948. The fourth-order valence-electron chi connectivity index (χ4n) is 3.31. The Morgan fingerprint density at radius 3 is 2.70 bits per heavy atom. The molecule has 2 amide bonds. The molecule has 1 unspecified atom stereocenters. The van der Waals surface area contributed by atoms with Gasteiger partial charge in [0, 0.05) is 32.3 Å². The summed E-state index contributed by atoms with van der Waals surface area (Å²) in [5, 5.41) is 0. The van der Waals surface area contributed by atoms with Crippen molar-refractivity contribution in [2.45, 2.75) is 26.7 Å². The van der Waals surface area contributed by atoms with E-state index in [4.69, 9.17) is 4.74 Å². The Balaban J connectivity index is 2.03. The zero-order valence-corrected chi connectivity index (χ0v) is 16.6. The normalized spacial score (nSPS) is 16.6. The molecule has 1 aliphatic rings. The van der Waals surface area contributed by atoms with Crippen LogP contribution in [0.25, 0.3) is 0 Å². The lowest BCUT2D eigenvalue weighted by atomic mass is 9.96. The second-order valence-corrected chi connectivity index (χ2v) is 7.39. The third kappa shape index (κ3) is 6.73. The van der Waals surface area contributed by atoms with Crippen molar-refractivity contribution >= 4 is 11.8 Å². The molecule has 1 aliphatic heterocycles. The van der Waals surface area contributed by atoms with E-state index >= 15 is 0 Å². The maximum absolute atomic E-state index is 13.1. The van der Waals surface area contributed by atoms with Gasteiger partial charge in [0.1, 0.15) is 6.61 Å². The van der Waals surface area contributed by atoms with Gasteiger partial charge in [-0.05, 0) is 30.9 Å². The number of likely N-dealkylation sites (tertiary alicyclic amines) is 1. The van der Waals surface area contributed by atoms with Gasteiger partial charge in [-0.3, -0.25) is 9.59 Å². The molecule has 1 aromatic carbocycles. The Kier molecular flexibility index (Phi) is 8.35. The molecule has 27 heavy (non-hydrogen) atoms. The number of piperidine rings is 1. The van der Waals surface area contributed by atoms with Crippen LogP contribution in [0.15, 0.2) is 30.3 Å². The molecule has 1 atom stereocenters. The average Bonchev–Trinajstić information content (AvgIpc) is 2.67. The first kappa shape index (κ1) is 21.0. The van der Waals surface area contributed by atoms with Crippen LogP contribution in [0, 0.1) is 23.7 Å². The van der Waals surface area contributed by atoms with Crippen LogP contribution in [-0.4, -0.2) is 61.5 Å². The Labute approximate surface area is 162 Å². The van der Waals surface area contributed by atoms with Gasteiger partial charge >= 0.3 is 0 Å². The topological polar surface area (TPSA) is 49.9 Å². The summed E-state index contributed by atoms with van der Waals surface area (Å²) in [6, 6.07) is 9.78. The average molecular weight is 370 g/mol. The lowest BCUT2D eigenvalue weighted by Crippen LogP contribution is -2.48. The molecule has 0 aromatic heterocycles. The maximum atomic E-state index is 13.1. The first-order valence-corrected chi connectivity index (χ1v) is 9.60. The van der Waals surface area contributed by atoms with E-state index in [0.717, 1.165) is 18.4 Å². The van der Waals surface area contributed by atoms with Crippen molar-refractivity contribution in [3.05, 3.63) is 35.9 Å². The monoisotopic (exact) mass is 370 g/mol. The van der Waals surface area contributed by atoms with Gasteiger partial charge in [0.2, 0.25) is 11.8 Å². The predicted molar refractivity (Wildman–Crippen MR) is 106 cm³/mol. The highest BCUT2D eigenvalue weighted by atomic mass is 16.5. The molecule has 0 radical (unpaired) electrons. The summed E-state index contributed by atoms with van der Waals surface area (Å²) in [4.78, 5) is 28.8. The van der Waals surface area contributed by atoms with Gasteiger partial charge in [0.15, 0.2) is 0 Å². The molecule has 146 valence electrons. The summed E-state index contributed by atoms with van der Waals surface area (Å²) in [6.45, 7) is 6.52. The van der Waals surface area contributed by atoms with Gasteiger partial charge in [0.05, 0.1) is 12.5 Å². The zero-order valence-electron chi connectivity index (χ0n) is 16.6. The number of ether oxygens (including phenoxy) is 1. The van der Waals surface area contributed by atoms with E-state index in [2.05, 4.69) is 25.7 Å². The van der Waals surface area contributed by atoms with Crippen LogP contribution in [0.1, 0.15) is 32.3 Å². The number of hydrogen-bond acceptors (Lipinski definition) is 3. The van der Waals surface area contributed by atoms with Crippen molar-refractivity contribution < 1.29 is 14.3 Å². The summed E-state index contributed by atoms with van der Waals surface area (Å²) in [6.07, 6.45) is 1.66. The highest BCUT2D eigenvalue weighted by molar-refractivity contribution is 5.82. The highest BCUT2D eigenvalue weighted by Gasteiger charge is 2.31. The molecule has 0 N–H and O–H groups in total. The molecule has 1 fully saturated rings. The fraction of sp³-hybridized carbons (Fsp3) is 0.545. The molecular formula is C22H30N2O3. The Morgan fingerprint density at radius 2 is 2.04 bits per heavy atom. The Hall–Kier alpha value is -2.32. The fourth-order valence-corrected chi connectivity index (χ4v) is 3.31. The molecule has 0 bridgehead atoms. The predicted octanol–water partition coefficient (Wildman–Crippen LogP) is 2.41. The van der Waals surface area contributed by atoms with Gasteiger partial charge in [-0.1, -0.05) is 43.9 Å². The van der Waals surface area contributed by atoms with E-state index in [1.807, 2.05) is 35.2 Å². The van der Waals surface area contributed by atoms with Crippen molar-refractivity contribution in [1.29, 1.82) is 0 Å². The molecule has 5 nitrogen and oxygen atoms in total. The Morgan fingerprint density at radius 1 is 1.30 bits per heavy atom. The number of rotatable bonds is 6. The van der Waals surface area contributed by atoms with Crippen LogP contribution in [0.5, 0.6) is 0 Å². The van der Waals surface area contributed by atoms with Crippen LogP contribution >= 0.6 is 0 Å². The van der Waals surface area contributed by atoms with Crippen molar-refractivity contribution in [1.82, 2.24) is 9.80 Å². The van der Waals surface area contributed by atoms with Crippen molar-refractivity contribution in [2.75, 3.05) is 39.9 Å². The Bertz CT molecular complexity index is 676. The number of nitrogens with zero attached hydrogens (tertiary/aromatic N) is 2. The third-order valence-corrected chi connectivity index (χ3v) is 4.56. The van der Waals surface area contributed by atoms with Crippen molar-refractivity contribution in [3.8, 4) is 11.8 Å². The smallest absolute Gasteiger partial charge is 0.248 e. The first-order valence-electron chi connectivity index (χ1n) is 9.60. The maximum Gasteiger partial charge on any atom is 0.248 e. The van der Waals surface area contributed by atoms with E-state index in [1.165, 1.54) is 7.11 Å². The SMILES string of the molecule is COCC(=O)N1CCCC(C(=O)N(CC#Cc2ccccc2)CC(C)C)C1. The van der Waals surface area contributed by atoms with E-state index in [0.29, 0.717) is 32.1 Å². The minimum absolute atomic E-state index is 0.0470. The van der Waals surface area contributed by atoms with Crippen LogP contribution < -0.4 is 0 Å². The summed E-state index contributed by atoms with van der Waals surface area (Å²) >= 11 is 0. The zero-order chi connectivity index (χ0) is 19.6. The second-order valence-electron chi connectivity index (χ2n) is 7.39. The number of methoxy groups -OCH3 is 1. The van der Waals surface area contributed by atoms with Crippen LogP contribution in [0.4, 0.5) is 0 Å². The summed E-state index contributed by atoms with van der Waals surface area (Å²) in [5.74, 6) is 6.52. The molecule has 0 aliphatic carbocycles. The third-order valence-electron chi connectivity index (χ3n) is 4.56. The number of carbonyl (C=O) groups excluding carboxylic acids is 2. The van der Waals surface area contributed by atoms with Gasteiger partial charge in [-0.25, -0.2) is 0 Å². The molecule has 1 saturated heterocycles. The number of benzene rings is 1. The van der Waals surface area contributed by atoms with Crippen LogP contribution in [0.2, 0.25) is 0 Å². The molecule has 1 heterocycles. The van der Waals surface area contributed by atoms with E-state index < -0.39 is 0 Å². The van der Waals surface area contributed by atoms with Crippen LogP contribution in [0.3, 0.4) is 0 Å². The number of amides is 2. The quantitative estimate of drug-likeness (QED) is 0.723.